The van der Waals surface area contributed by atoms with E-state index in [1.54, 1.807) is 17.3 Å². The Morgan fingerprint density at radius 1 is 1.03 bits per heavy atom. The zero-order valence-electron chi connectivity index (χ0n) is 22.2. The number of aryl methyl sites for hydroxylation is 1. The van der Waals surface area contributed by atoms with Crippen LogP contribution in [0, 0.1) is 12.7 Å². The van der Waals surface area contributed by atoms with Crippen molar-refractivity contribution >= 4 is 80.3 Å². The number of carbonyl (C=O) groups is 1. The number of piperidine rings is 1. The molecule has 2 heterocycles. The molecule has 1 aromatic carbocycles. The minimum Gasteiger partial charge on any atom is -0.361 e. The standard InChI is InChI=1S/C19H29B8ClF2N4O/c1-9-5-32-13(33-6-9)7-31-8-15(30)16(20,21)18(24,25)34(19(26,27)17(15,22)23)14(35)10-2-3-12(29)11(28)4-10/h2-6,31H,7-8,20-27H2,1H3. The molecule has 0 spiro atoms. The lowest BCUT2D eigenvalue weighted by molar-refractivity contribution is -0.0188. The summed E-state index contributed by atoms with van der Waals surface area (Å²) < 4.78 is 31.3. The lowest BCUT2D eigenvalue weighted by Gasteiger charge is -2.74. The normalized spacial score (nSPS) is 21.3. The summed E-state index contributed by atoms with van der Waals surface area (Å²) in [6.07, 6.45) is 3.47. The van der Waals surface area contributed by atoms with Crippen LogP contribution >= 0.6 is 11.6 Å². The van der Waals surface area contributed by atoms with E-state index >= 15 is 4.39 Å². The highest BCUT2D eigenvalue weighted by Gasteiger charge is 2.71. The number of aromatic nitrogens is 2. The molecule has 2 aromatic rings. The molecule has 0 aliphatic carbocycles. The number of halogens is 3. The number of carbonyl (C=O) groups excluding carboxylic acids is 1. The summed E-state index contributed by atoms with van der Waals surface area (Å²) in [7, 11) is 15.0. The van der Waals surface area contributed by atoms with Crippen molar-refractivity contribution < 1.29 is 13.6 Å². The molecule has 1 aliphatic heterocycles. The monoisotopic (exact) mass is 490 g/mol. The van der Waals surface area contributed by atoms with Crippen LogP contribution in [0.5, 0.6) is 0 Å². The smallest absolute Gasteiger partial charge is 0.252 e. The molecule has 1 aromatic heterocycles. The van der Waals surface area contributed by atoms with Gasteiger partial charge in [0.1, 0.15) is 80.1 Å². The first-order chi connectivity index (χ1) is 15.9. The summed E-state index contributed by atoms with van der Waals surface area (Å²) in [5, 5.41) is -0.681. The van der Waals surface area contributed by atoms with E-state index in [0.717, 1.165) is 5.56 Å². The molecule has 0 saturated carbocycles. The number of nitrogens with one attached hydrogen (secondary N) is 1. The zero-order valence-corrected chi connectivity index (χ0v) is 22.9. The minimum absolute atomic E-state index is 0.0570. The molecule has 0 atom stereocenters. The number of likely N-dealkylation sites (tertiary alicyclic amines) is 1. The van der Waals surface area contributed by atoms with Gasteiger partial charge < -0.3 is 10.2 Å². The van der Waals surface area contributed by atoms with E-state index in [-0.39, 0.29) is 23.0 Å². The Kier molecular flexibility index (Phi) is 7.24. The fourth-order valence-electron chi connectivity index (χ4n) is 5.57. The topological polar surface area (TPSA) is 58.1 Å². The van der Waals surface area contributed by atoms with Gasteiger partial charge in [0.15, 0.2) is 0 Å². The van der Waals surface area contributed by atoms with Gasteiger partial charge in [-0.1, -0.05) is 11.6 Å². The molecular weight excluding hydrogens is 460 g/mol. The van der Waals surface area contributed by atoms with Gasteiger partial charge in [0.25, 0.3) is 5.91 Å². The van der Waals surface area contributed by atoms with Gasteiger partial charge in [0.05, 0.1) is 11.6 Å². The predicted octanol–water partition coefficient (Wildman–Crippen LogP) is -4.86. The number of alkyl halides is 1. The van der Waals surface area contributed by atoms with E-state index in [2.05, 4.69) is 15.3 Å². The average Bonchev–Trinajstić information content (AvgIpc) is 2.75. The van der Waals surface area contributed by atoms with E-state index in [1.165, 1.54) is 18.2 Å². The van der Waals surface area contributed by atoms with Gasteiger partial charge in [-0.15, -0.1) is 0 Å². The Labute approximate surface area is 219 Å². The second-order valence-corrected chi connectivity index (χ2v) is 12.1. The SMILES string of the molecule is BC1(B)N(C(=O)c2ccc(F)c(Cl)c2)C(B)(B)C(B)(B)C(F)(CNCc2ncc(C)cn2)C1(B)B. The molecule has 1 saturated heterocycles. The van der Waals surface area contributed by atoms with Crippen molar-refractivity contribution in [3.63, 3.8) is 0 Å². The van der Waals surface area contributed by atoms with Crippen LogP contribution in [0.15, 0.2) is 30.6 Å². The first-order valence-electron chi connectivity index (χ1n) is 11.9. The summed E-state index contributed by atoms with van der Waals surface area (Å²) in [6.45, 7) is 2.30. The third-order valence-electron chi connectivity index (χ3n) is 9.01. The Morgan fingerprint density at radius 2 is 1.54 bits per heavy atom. The number of hydrogen-bond acceptors (Lipinski definition) is 4. The molecule has 5 nitrogen and oxygen atoms in total. The zero-order chi connectivity index (χ0) is 26.6. The van der Waals surface area contributed by atoms with Gasteiger partial charge in [0, 0.05) is 24.5 Å². The Hall–Kier alpha value is -1.60. The molecule has 16 heteroatoms. The molecule has 35 heavy (non-hydrogen) atoms. The molecule has 0 unspecified atom stereocenters. The summed E-state index contributed by atoms with van der Waals surface area (Å²) in [4.78, 5) is 24.3. The van der Waals surface area contributed by atoms with Crippen molar-refractivity contribution in [2.75, 3.05) is 6.54 Å². The highest BCUT2D eigenvalue weighted by molar-refractivity contribution is 6.62. The average molecular weight is 489 g/mol. The van der Waals surface area contributed by atoms with Crippen LogP contribution in [0.2, 0.25) is 15.5 Å². The second kappa shape index (κ2) is 9.05. The van der Waals surface area contributed by atoms with E-state index in [4.69, 9.17) is 11.6 Å². The number of rotatable bonds is 5. The van der Waals surface area contributed by atoms with Gasteiger partial charge >= 0.3 is 0 Å². The predicted molar refractivity (Wildman–Crippen MR) is 159 cm³/mol. The lowest BCUT2D eigenvalue weighted by Crippen LogP contribution is -2.85. The Bertz CT molecular complexity index is 1110. The van der Waals surface area contributed by atoms with E-state index in [1.807, 2.05) is 69.7 Å². The van der Waals surface area contributed by atoms with Gasteiger partial charge in [-0.3, -0.25) is 4.79 Å². The molecule has 0 bridgehead atoms. The van der Waals surface area contributed by atoms with E-state index < -0.39 is 32.6 Å². The molecule has 1 amide bonds. The van der Waals surface area contributed by atoms with Gasteiger partial charge in [-0.25, -0.2) is 18.7 Å². The maximum absolute atomic E-state index is 17.5. The maximum atomic E-state index is 17.5. The number of benzene rings is 1. The number of nitrogens with zero attached hydrogens (tertiary/aromatic N) is 3. The Balaban J connectivity index is 2.02. The van der Waals surface area contributed by atoms with Gasteiger partial charge in [-0.05, 0) is 51.8 Å². The molecule has 1 aliphatic rings. The van der Waals surface area contributed by atoms with Crippen molar-refractivity contribution in [2.24, 2.45) is 0 Å². The fraction of sp³-hybridized carbons (Fsp3) is 0.421. The van der Waals surface area contributed by atoms with E-state index in [0.29, 0.717) is 12.4 Å². The third-order valence-corrected chi connectivity index (χ3v) is 9.30. The minimum atomic E-state index is -1.73. The van der Waals surface area contributed by atoms with Gasteiger partial charge in [-0.2, -0.15) is 0 Å². The maximum Gasteiger partial charge on any atom is 0.252 e. The highest BCUT2D eigenvalue weighted by atomic mass is 35.5. The largest absolute Gasteiger partial charge is 0.361 e. The van der Waals surface area contributed by atoms with Crippen molar-refractivity contribution in [3.05, 3.63) is 58.4 Å². The fourth-order valence-corrected chi connectivity index (χ4v) is 5.75. The van der Waals surface area contributed by atoms with Crippen LogP contribution in [0.25, 0.3) is 0 Å². The van der Waals surface area contributed by atoms with Crippen LogP contribution in [0.3, 0.4) is 0 Å². The van der Waals surface area contributed by atoms with Crippen molar-refractivity contribution in [3.8, 4) is 0 Å². The highest BCUT2D eigenvalue weighted by Crippen LogP contribution is 2.64. The molecule has 0 radical (unpaired) electrons. The lowest BCUT2D eigenvalue weighted by atomic mass is 9.15. The summed E-state index contributed by atoms with van der Waals surface area (Å²) in [5.41, 5.74) is -0.499. The number of hydrogen-bond donors (Lipinski definition) is 1. The van der Waals surface area contributed by atoms with Crippen molar-refractivity contribution in [2.45, 2.75) is 40.2 Å². The van der Waals surface area contributed by atoms with Crippen LogP contribution in [0.1, 0.15) is 21.7 Å². The first kappa shape index (κ1) is 28.0. The first-order valence-corrected chi connectivity index (χ1v) is 12.3. The van der Waals surface area contributed by atoms with Crippen LogP contribution in [-0.2, 0) is 6.54 Å². The molecule has 176 valence electrons. The Morgan fingerprint density at radius 3 is 2.03 bits per heavy atom. The van der Waals surface area contributed by atoms with Crippen molar-refractivity contribution in [1.29, 1.82) is 0 Å². The molecule has 1 fully saturated rings. The van der Waals surface area contributed by atoms with Crippen LogP contribution < -0.4 is 5.32 Å². The third kappa shape index (κ3) is 4.20. The van der Waals surface area contributed by atoms with Crippen molar-refractivity contribution in [1.82, 2.24) is 20.2 Å². The quantitative estimate of drug-likeness (QED) is 0.429. The summed E-state index contributed by atoms with van der Waals surface area (Å²) >= 11 is 5.99. The molecule has 1 N–H and O–H groups in total. The van der Waals surface area contributed by atoms with Crippen LogP contribution in [0.4, 0.5) is 8.78 Å². The second-order valence-electron chi connectivity index (χ2n) is 11.7. The number of amides is 1. The summed E-state index contributed by atoms with van der Waals surface area (Å²) in [5.74, 6) is -0.312. The van der Waals surface area contributed by atoms with Crippen LogP contribution in [-0.4, -0.2) is 106 Å². The van der Waals surface area contributed by atoms with Gasteiger partial charge in [0.2, 0.25) is 0 Å². The summed E-state index contributed by atoms with van der Waals surface area (Å²) in [6, 6.07) is 3.95. The molecule has 3 rings (SSSR count). The van der Waals surface area contributed by atoms with E-state index in [9.17, 15) is 9.18 Å². The molecular formula is C19H29B8ClF2N4O.